The van der Waals surface area contributed by atoms with E-state index in [0.717, 1.165) is 26.2 Å². The van der Waals surface area contributed by atoms with Gasteiger partial charge >= 0.3 is 0 Å². The van der Waals surface area contributed by atoms with Crippen molar-refractivity contribution in [2.24, 2.45) is 0 Å². The fourth-order valence-corrected chi connectivity index (χ4v) is 4.19. The van der Waals surface area contributed by atoms with Crippen LogP contribution in [0.1, 0.15) is 23.5 Å². The monoisotopic (exact) mass is 429 g/mol. The number of hydrogen-bond acceptors (Lipinski definition) is 8. The van der Waals surface area contributed by atoms with E-state index >= 15 is 0 Å². The number of nitrogens with zero attached hydrogens (tertiary/aromatic N) is 3. The molecule has 0 spiro atoms. The third-order valence-electron chi connectivity index (χ3n) is 5.85. The molecule has 1 aromatic heterocycles. The summed E-state index contributed by atoms with van der Waals surface area (Å²) < 4.78 is 16.4. The van der Waals surface area contributed by atoms with Crippen LogP contribution in [0.3, 0.4) is 0 Å². The smallest absolute Gasteiger partial charge is 0.258 e. The number of anilines is 2. The number of fused-ring (bicyclic) bond motifs is 1. The summed E-state index contributed by atoms with van der Waals surface area (Å²) in [6.45, 7) is 3.25. The molecule has 10 heteroatoms. The second-order valence-electron chi connectivity index (χ2n) is 7.67. The van der Waals surface area contributed by atoms with Crippen molar-refractivity contribution in [3.8, 4) is 17.2 Å². The van der Waals surface area contributed by atoms with Gasteiger partial charge in [0.2, 0.25) is 17.6 Å². The maximum absolute atomic E-state index is 13.2. The van der Waals surface area contributed by atoms with Crippen molar-refractivity contribution in [3.05, 3.63) is 33.6 Å². The van der Waals surface area contributed by atoms with Crippen LogP contribution in [0, 0.1) is 0 Å². The summed E-state index contributed by atoms with van der Waals surface area (Å²) in [5.74, 6) is 1.35. The van der Waals surface area contributed by atoms with Crippen LogP contribution in [0.15, 0.2) is 16.9 Å². The molecule has 2 aromatic rings. The third kappa shape index (κ3) is 3.78. The summed E-state index contributed by atoms with van der Waals surface area (Å²) in [6, 6.07) is 3.53. The number of H-pyrrole nitrogens is 1. The molecule has 0 radical (unpaired) electrons. The number of aromatic nitrogens is 2. The first-order chi connectivity index (χ1) is 15.0. The van der Waals surface area contributed by atoms with Crippen LogP contribution in [0.4, 0.5) is 11.8 Å². The van der Waals surface area contributed by atoms with Gasteiger partial charge in [0.25, 0.3) is 5.56 Å². The molecule has 10 nitrogen and oxygen atoms in total. The summed E-state index contributed by atoms with van der Waals surface area (Å²) in [4.78, 5) is 37.5. The van der Waals surface area contributed by atoms with Crippen LogP contribution >= 0.6 is 0 Å². The fraction of sp³-hybridized carbons (Fsp3) is 0.476. The Hall–Kier alpha value is -3.27. The normalized spacial score (nSPS) is 18.9. The van der Waals surface area contributed by atoms with Gasteiger partial charge in [0.05, 0.1) is 26.9 Å². The van der Waals surface area contributed by atoms with Crippen LogP contribution in [0.25, 0.3) is 0 Å². The van der Waals surface area contributed by atoms with E-state index in [1.807, 2.05) is 4.90 Å². The van der Waals surface area contributed by atoms with E-state index in [-0.39, 0.29) is 23.7 Å². The highest BCUT2D eigenvalue weighted by Gasteiger charge is 2.34. The lowest BCUT2D eigenvalue weighted by Gasteiger charge is -2.33. The van der Waals surface area contributed by atoms with Crippen molar-refractivity contribution in [3.63, 3.8) is 0 Å². The Morgan fingerprint density at radius 1 is 1.00 bits per heavy atom. The summed E-state index contributed by atoms with van der Waals surface area (Å²) in [7, 11) is 6.63. The molecule has 1 fully saturated rings. The Labute approximate surface area is 180 Å². The van der Waals surface area contributed by atoms with Crippen molar-refractivity contribution >= 4 is 17.7 Å². The van der Waals surface area contributed by atoms with Gasteiger partial charge in [0, 0.05) is 44.1 Å². The van der Waals surface area contributed by atoms with Gasteiger partial charge in [0.15, 0.2) is 11.5 Å². The quantitative estimate of drug-likeness (QED) is 0.725. The predicted octanol–water partition coefficient (Wildman–Crippen LogP) is 1.02. The second-order valence-corrected chi connectivity index (χ2v) is 7.67. The minimum absolute atomic E-state index is 0.0947. The molecule has 1 atom stereocenters. The molecule has 0 saturated carbocycles. The number of rotatable bonds is 5. The van der Waals surface area contributed by atoms with Crippen LogP contribution in [-0.4, -0.2) is 75.3 Å². The Balaban J connectivity index is 1.80. The Bertz CT molecular complexity index is 1050. The summed E-state index contributed by atoms with van der Waals surface area (Å²) >= 11 is 0. The van der Waals surface area contributed by atoms with E-state index < -0.39 is 5.92 Å². The number of amides is 1. The third-order valence-corrected chi connectivity index (χ3v) is 5.85. The summed E-state index contributed by atoms with van der Waals surface area (Å²) in [5.41, 5.74) is 0.791. The predicted molar refractivity (Wildman–Crippen MR) is 116 cm³/mol. The van der Waals surface area contributed by atoms with E-state index in [1.54, 1.807) is 12.1 Å². The molecule has 2 aliphatic rings. The maximum Gasteiger partial charge on any atom is 0.258 e. The van der Waals surface area contributed by atoms with E-state index in [9.17, 15) is 9.59 Å². The lowest BCUT2D eigenvalue weighted by Crippen LogP contribution is -2.46. The van der Waals surface area contributed by atoms with Gasteiger partial charge < -0.3 is 29.3 Å². The van der Waals surface area contributed by atoms with Gasteiger partial charge in [0.1, 0.15) is 5.82 Å². The first-order valence-electron chi connectivity index (χ1n) is 10.1. The molecule has 166 valence electrons. The maximum atomic E-state index is 13.2. The van der Waals surface area contributed by atoms with E-state index in [4.69, 9.17) is 14.2 Å². The number of carbonyl (C=O) groups is 1. The van der Waals surface area contributed by atoms with E-state index in [2.05, 4.69) is 27.2 Å². The average Bonchev–Trinajstić information content (AvgIpc) is 2.77. The fourth-order valence-electron chi connectivity index (χ4n) is 4.19. The molecule has 1 aromatic carbocycles. The number of aromatic amines is 1. The number of carbonyl (C=O) groups excluding carboxylic acids is 1. The number of nitrogens with one attached hydrogen (secondary N) is 2. The zero-order valence-electron chi connectivity index (χ0n) is 18.2. The standard InChI is InChI=1S/C21H27N5O5/c1-25-7-9-26(10-8-25)21-23-19-16(20(28)24-21)13(11-15(27)22-19)12-5-6-14(29-2)18(31-4)17(12)30-3/h5-6,13H,7-11H2,1-4H3,(H2,22,23,24,27,28). The van der Waals surface area contributed by atoms with E-state index in [1.165, 1.54) is 21.3 Å². The van der Waals surface area contributed by atoms with Gasteiger partial charge in [-0.25, -0.2) is 0 Å². The lowest BCUT2D eigenvalue weighted by molar-refractivity contribution is -0.116. The van der Waals surface area contributed by atoms with Gasteiger partial charge in [-0.3, -0.25) is 14.6 Å². The zero-order valence-corrected chi connectivity index (χ0v) is 18.2. The molecule has 2 aliphatic heterocycles. The molecule has 0 bridgehead atoms. The lowest BCUT2D eigenvalue weighted by atomic mass is 9.86. The van der Waals surface area contributed by atoms with Crippen molar-refractivity contribution in [2.75, 3.05) is 64.8 Å². The molecule has 1 unspecified atom stereocenters. The van der Waals surface area contributed by atoms with Crippen LogP contribution < -0.4 is 30.0 Å². The number of methoxy groups -OCH3 is 3. The molecule has 1 saturated heterocycles. The highest BCUT2D eigenvalue weighted by atomic mass is 16.5. The molecule has 2 N–H and O–H groups in total. The zero-order chi connectivity index (χ0) is 22.1. The Morgan fingerprint density at radius 2 is 1.71 bits per heavy atom. The van der Waals surface area contributed by atoms with Gasteiger partial charge in [-0.05, 0) is 13.1 Å². The Kier molecular flexibility index (Phi) is 5.73. The number of hydrogen-bond donors (Lipinski definition) is 2. The molecule has 1 amide bonds. The average molecular weight is 429 g/mol. The molecule has 31 heavy (non-hydrogen) atoms. The van der Waals surface area contributed by atoms with Crippen molar-refractivity contribution < 1.29 is 19.0 Å². The van der Waals surface area contributed by atoms with Crippen LogP contribution in [0.5, 0.6) is 17.2 Å². The van der Waals surface area contributed by atoms with Gasteiger partial charge in [-0.1, -0.05) is 6.07 Å². The number of likely N-dealkylation sites (N-methyl/N-ethyl adjacent to an activating group) is 1. The number of benzene rings is 1. The topological polar surface area (TPSA) is 109 Å². The number of ether oxygens (including phenoxy) is 3. The molecule has 3 heterocycles. The van der Waals surface area contributed by atoms with Crippen LogP contribution in [0.2, 0.25) is 0 Å². The van der Waals surface area contributed by atoms with Gasteiger partial charge in [-0.2, -0.15) is 4.98 Å². The molecular formula is C21H27N5O5. The van der Waals surface area contributed by atoms with Gasteiger partial charge in [-0.15, -0.1) is 0 Å². The van der Waals surface area contributed by atoms with E-state index in [0.29, 0.717) is 34.3 Å². The van der Waals surface area contributed by atoms with Crippen molar-refractivity contribution in [1.29, 1.82) is 0 Å². The summed E-state index contributed by atoms with van der Waals surface area (Å²) in [5, 5.41) is 2.77. The molecular weight excluding hydrogens is 402 g/mol. The Morgan fingerprint density at radius 3 is 2.35 bits per heavy atom. The second kappa shape index (κ2) is 8.46. The van der Waals surface area contributed by atoms with Crippen molar-refractivity contribution in [1.82, 2.24) is 14.9 Å². The largest absolute Gasteiger partial charge is 0.493 e. The van der Waals surface area contributed by atoms with Crippen LogP contribution in [-0.2, 0) is 4.79 Å². The summed E-state index contributed by atoms with van der Waals surface area (Å²) in [6.07, 6.45) is 0.0947. The minimum Gasteiger partial charge on any atom is -0.493 e. The minimum atomic E-state index is -0.531. The highest BCUT2D eigenvalue weighted by Crippen LogP contribution is 2.46. The SMILES string of the molecule is COc1ccc(C2CC(=O)Nc3nc(N4CCN(C)CC4)[nH]c(=O)c32)c(OC)c1OC. The first-order valence-corrected chi connectivity index (χ1v) is 10.1. The van der Waals surface area contributed by atoms with Crippen molar-refractivity contribution in [2.45, 2.75) is 12.3 Å². The first kappa shape index (κ1) is 21.0. The molecule has 0 aliphatic carbocycles. The number of piperazine rings is 1. The molecule has 4 rings (SSSR count). The highest BCUT2D eigenvalue weighted by molar-refractivity contribution is 5.94.